The number of para-hydroxylation sites is 1. The third-order valence-corrected chi connectivity index (χ3v) is 8.67. The summed E-state index contributed by atoms with van der Waals surface area (Å²) in [4.78, 5) is 35.9. The molecule has 3 aromatic carbocycles. The van der Waals surface area contributed by atoms with Gasteiger partial charge in [0.1, 0.15) is 5.82 Å². The lowest BCUT2D eigenvalue weighted by Crippen LogP contribution is -2.49. The Morgan fingerprint density at radius 3 is 2.30 bits per heavy atom. The molecule has 3 N–H and O–H groups in total. The highest BCUT2D eigenvalue weighted by Crippen LogP contribution is 2.41. The molecule has 5 aromatic rings. The fourth-order valence-corrected chi connectivity index (χ4v) is 6.36. The van der Waals surface area contributed by atoms with Crippen LogP contribution in [-0.2, 0) is 13.2 Å². The summed E-state index contributed by atoms with van der Waals surface area (Å²) >= 11 is 0. The number of aliphatic hydroxyl groups is 3. The van der Waals surface area contributed by atoms with Crippen LogP contribution in [0.1, 0.15) is 21.5 Å². The number of ether oxygens (including phenoxy) is 2. The third-order valence-electron chi connectivity index (χ3n) is 8.67. The van der Waals surface area contributed by atoms with E-state index in [4.69, 9.17) is 9.47 Å². The minimum Gasteiger partial charge on any atom is -0.493 e. The number of carbonyl (C=O) groups is 1. The van der Waals surface area contributed by atoms with Gasteiger partial charge in [-0.2, -0.15) is 0 Å². The van der Waals surface area contributed by atoms with E-state index < -0.39 is 5.56 Å². The summed E-state index contributed by atoms with van der Waals surface area (Å²) in [6.45, 7) is 2.32. The number of methoxy groups -OCH3 is 2. The van der Waals surface area contributed by atoms with Gasteiger partial charge in [-0.1, -0.05) is 18.2 Å². The highest BCUT2D eigenvalue weighted by atomic mass is 16.5. The van der Waals surface area contributed by atoms with Crippen molar-refractivity contribution in [2.24, 2.45) is 0 Å². The van der Waals surface area contributed by atoms with Crippen LogP contribution in [0.2, 0.25) is 0 Å². The van der Waals surface area contributed by atoms with Crippen LogP contribution in [0.15, 0.2) is 71.7 Å². The van der Waals surface area contributed by atoms with Crippen LogP contribution in [0.3, 0.4) is 0 Å². The summed E-state index contributed by atoms with van der Waals surface area (Å²) in [5.74, 6) is 1.15. The first kappa shape index (κ1) is 31.2. The molecule has 2 aromatic heterocycles. The number of pyridine rings is 2. The quantitative estimate of drug-likeness (QED) is 0.226. The van der Waals surface area contributed by atoms with Crippen LogP contribution in [-0.4, -0.2) is 94.1 Å². The molecule has 0 bridgehead atoms. The molecule has 11 nitrogen and oxygen atoms in total. The van der Waals surface area contributed by atoms with Crippen LogP contribution in [0.4, 0.5) is 0 Å². The fraction of sp³-hybridized carbons (Fsp3) is 0.286. The maximum absolute atomic E-state index is 13.8. The van der Waals surface area contributed by atoms with Crippen LogP contribution in [0.5, 0.6) is 11.5 Å². The molecule has 46 heavy (non-hydrogen) atoms. The number of rotatable bonds is 9. The molecule has 1 fully saturated rings. The van der Waals surface area contributed by atoms with Gasteiger partial charge in [-0.25, -0.2) is 4.98 Å². The molecule has 0 aliphatic carbocycles. The second-order valence-corrected chi connectivity index (χ2v) is 11.1. The van der Waals surface area contributed by atoms with Gasteiger partial charge in [-0.3, -0.25) is 19.1 Å². The fourth-order valence-electron chi connectivity index (χ4n) is 6.36. The minimum atomic E-state index is -0.409. The standard InChI is InChI=1S/C35H36N4O7/c1-45-30-16-23-15-24(20-41)28(21-42)34(26(23)18-31(30)46-2)22-7-8-36-32(17-22)39-29-6-4-3-5-25(29)27(19-33(39)43)35(44)38-11-9-37(10-12-38)13-14-40/h3-8,15-19,40-42H,9-14,20-21H2,1-2H3. The maximum Gasteiger partial charge on any atom is 0.257 e. The molecule has 1 saturated heterocycles. The van der Waals surface area contributed by atoms with Gasteiger partial charge in [0, 0.05) is 50.4 Å². The van der Waals surface area contributed by atoms with Crippen molar-refractivity contribution in [3.05, 3.63) is 93.9 Å². The Kier molecular flexibility index (Phi) is 9.00. The predicted octanol–water partition coefficient (Wildman–Crippen LogP) is 2.96. The van der Waals surface area contributed by atoms with Crippen molar-refractivity contribution >= 4 is 27.6 Å². The van der Waals surface area contributed by atoms with Crippen molar-refractivity contribution in [3.8, 4) is 28.4 Å². The Labute approximate surface area is 265 Å². The molecular formula is C35H36N4O7. The van der Waals surface area contributed by atoms with Crippen LogP contribution < -0.4 is 15.0 Å². The average Bonchev–Trinajstić information content (AvgIpc) is 3.09. The highest BCUT2D eigenvalue weighted by molar-refractivity contribution is 6.06. The SMILES string of the molecule is COc1cc2cc(CO)c(CO)c(-c3ccnc(-n4c(=O)cc(C(=O)N5CCN(CCO)CC5)c5ccccc54)c3)c2cc1OC. The first-order chi connectivity index (χ1) is 22.4. The number of β-amino-alcohol motifs (C(OH)–C–C–N with tert-alkyl or cyclic N) is 1. The molecule has 238 valence electrons. The van der Waals surface area contributed by atoms with Gasteiger partial charge in [0.2, 0.25) is 0 Å². The monoisotopic (exact) mass is 624 g/mol. The van der Waals surface area contributed by atoms with Gasteiger partial charge >= 0.3 is 0 Å². The molecule has 1 aliphatic rings. The number of hydrogen-bond donors (Lipinski definition) is 3. The molecule has 6 rings (SSSR count). The average molecular weight is 625 g/mol. The van der Waals surface area contributed by atoms with E-state index in [1.165, 1.54) is 10.6 Å². The molecular weight excluding hydrogens is 588 g/mol. The topological polar surface area (TPSA) is 138 Å². The Bertz CT molecular complexity index is 1980. The zero-order chi connectivity index (χ0) is 32.4. The second-order valence-electron chi connectivity index (χ2n) is 11.1. The van der Waals surface area contributed by atoms with Gasteiger partial charge in [-0.05, 0) is 69.4 Å². The van der Waals surface area contributed by atoms with Gasteiger partial charge in [0.25, 0.3) is 11.5 Å². The zero-order valence-corrected chi connectivity index (χ0v) is 25.8. The molecule has 11 heteroatoms. The van der Waals surface area contributed by atoms with E-state index in [0.717, 1.165) is 10.8 Å². The lowest BCUT2D eigenvalue weighted by molar-refractivity contribution is 0.0616. The van der Waals surface area contributed by atoms with Crippen molar-refractivity contribution in [2.45, 2.75) is 13.2 Å². The summed E-state index contributed by atoms with van der Waals surface area (Å²) in [6.07, 6.45) is 1.59. The number of carbonyl (C=O) groups excluding carboxylic acids is 1. The Morgan fingerprint density at radius 1 is 0.870 bits per heavy atom. The van der Waals surface area contributed by atoms with Gasteiger partial charge < -0.3 is 29.7 Å². The largest absolute Gasteiger partial charge is 0.493 e. The Morgan fingerprint density at radius 2 is 1.61 bits per heavy atom. The van der Waals surface area contributed by atoms with Crippen molar-refractivity contribution in [1.29, 1.82) is 0 Å². The van der Waals surface area contributed by atoms with E-state index in [1.54, 1.807) is 43.5 Å². The normalized spacial score (nSPS) is 13.8. The molecule has 1 aliphatic heterocycles. The first-order valence-electron chi connectivity index (χ1n) is 15.1. The summed E-state index contributed by atoms with van der Waals surface area (Å²) in [7, 11) is 3.10. The number of nitrogens with zero attached hydrogens (tertiary/aromatic N) is 4. The number of hydrogen-bond acceptors (Lipinski definition) is 9. The minimum absolute atomic E-state index is 0.0688. The maximum atomic E-state index is 13.8. The van der Waals surface area contributed by atoms with Gasteiger partial charge in [0.15, 0.2) is 11.5 Å². The predicted molar refractivity (Wildman–Crippen MR) is 175 cm³/mol. The van der Waals surface area contributed by atoms with Crippen LogP contribution >= 0.6 is 0 Å². The van der Waals surface area contributed by atoms with E-state index in [2.05, 4.69) is 9.88 Å². The number of aliphatic hydroxyl groups excluding tert-OH is 3. The summed E-state index contributed by atoms with van der Waals surface area (Å²) in [6, 6.07) is 17.6. The summed E-state index contributed by atoms with van der Waals surface area (Å²) in [5, 5.41) is 32.1. The molecule has 0 radical (unpaired) electrons. The number of aromatic nitrogens is 2. The molecule has 3 heterocycles. The number of benzene rings is 3. The molecule has 0 spiro atoms. The molecule has 0 saturated carbocycles. The van der Waals surface area contributed by atoms with Gasteiger partial charge in [0.05, 0.1) is 45.1 Å². The lowest BCUT2D eigenvalue weighted by atomic mass is 9.90. The van der Waals surface area contributed by atoms with E-state index in [-0.39, 0.29) is 25.7 Å². The molecule has 0 unspecified atom stereocenters. The second kappa shape index (κ2) is 13.3. The molecule has 1 amide bonds. The van der Waals surface area contributed by atoms with Crippen molar-refractivity contribution < 1.29 is 29.6 Å². The number of fused-ring (bicyclic) bond motifs is 2. The summed E-state index contributed by atoms with van der Waals surface area (Å²) < 4.78 is 12.6. The van der Waals surface area contributed by atoms with Gasteiger partial charge in [-0.15, -0.1) is 0 Å². The smallest absolute Gasteiger partial charge is 0.257 e. The zero-order valence-electron chi connectivity index (χ0n) is 25.8. The van der Waals surface area contributed by atoms with Crippen molar-refractivity contribution in [3.63, 3.8) is 0 Å². The van der Waals surface area contributed by atoms with Crippen LogP contribution in [0, 0.1) is 0 Å². The first-order valence-corrected chi connectivity index (χ1v) is 15.1. The third kappa shape index (κ3) is 5.58. The number of amides is 1. The lowest BCUT2D eigenvalue weighted by Gasteiger charge is -2.34. The summed E-state index contributed by atoms with van der Waals surface area (Å²) in [5.41, 5.74) is 2.87. The van der Waals surface area contributed by atoms with Crippen LogP contribution in [0.25, 0.3) is 38.6 Å². The van der Waals surface area contributed by atoms with E-state index in [1.807, 2.05) is 36.4 Å². The van der Waals surface area contributed by atoms with E-state index in [9.17, 15) is 24.9 Å². The Hall–Kier alpha value is -4.81. The number of piperazine rings is 1. The van der Waals surface area contributed by atoms with E-state index in [0.29, 0.717) is 88.8 Å². The Balaban J connectivity index is 1.49. The van der Waals surface area contributed by atoms with Crippen molar-refractivity contribution in [1.82, 2.24) is 19.4 Å². The van der Waals surface area contributed by atoms with E-state index >= 15 is 0 Å². The van der Waals surface area contributed by atoms with Crippen molar-refractivity contribution in [2.75, 3.05) is 53.6 Å². The highest BCUT2D eigenvalue weighted by Gasteiger charge is 2.25. The molecule has 0 atom stereocenters.